The molecule has 9 nitrogen and oxygen atoms in total. The van der Waals surface area contributed by atoms with E-state index in [0.717, 1.165) is 12.8 Å². The van der Waals surface area contributed by atoms with E-state index in [9.17, 15) is 14.7 Å². The van der Waals surface area contributed by atoms with Crippen molar-refractivity contribution in [1.82, 2.24) is 25.1 Å². The van der Waals surface area contributed by atoms with Crippen molar-refractivity contribution in [3.8, 4) is 5.69 Å². The first-order valence-corrected chi connectivity index (χ1v) is 9.14. The highest BCUT2D eigenvalue weighted by Crippen LogP contribution is 2.48. The quantitative estimate of drug-likeness (QED) is 0.749. The van der Waals surface area contributed by atoms with Gasteiger partial charge in [0.1, 0.15) is 6.33 Å². The van der Waals surface area contributed by atoms with Crippen molar-refractivity contribution < 1.29 is 14.7 Å². The smallest absolute Gasteiger partial charge is 0.311 e. The van der Waals surface area contributed by atoms with Gasteiger partial charge in [-0.1, -0.05) is 18.0 Å². The van der Waals surface area contributed by atoms with Crippen LogP contribution in [0.5, 0.6) is 0 Å². The van der Waals surface area contributed by atoms with Crippen molar-refractivity contribution >= 4 is 41.6 Å². The highest BCUT2D eigenvalue weighted by atomic mass is 35.5. The molecule has 1 saturated carbocycles. The molecule has 4 rings (SSSR count). The normalized spacial score (nSPS) is 23.8. The number of halogens is 2. The maximum Gasteiger partial charge on any atom is 0.311 e. The number of fused-ring (bicyclic) bond motifs is 1. The van der Waals surface area contributed by atoms with E-state index in [1.54, 1.807) is 18.2 Å². The lowest BCUT2D eigenvalue weighted by atomic mass is 9.81. The number of amides is 1. The summed E-state index contributed by atoms with van der Waals surface area (Å²) in [4.78, 5) is 26.2. The van der Waals surface area contributed by atoms with Gasteiger partial charge in [0.25, 0.3) is 0 Å². The molecular formula is C17H20Cl2N6O3. The summed E-state index contributed by atoms with van der Waals surface area (Å²) in [5.41, 5.74) is 0.431. The summed E-state index contributed by atoms with van der Waals surface area (Å²) in [6, 6.07) is 5.09. The molecule has 1 amide bonds. The first-order chi connectivity index (χ1) is 13.0. The number of nitrogens with zero attached hydrogens (tertiary/aromatic N) is 5. The predicted octanol–water partition coefficient (Wildman–Crippen LogP) is 1.86. The average Bonchev–Trinajstić information content (AvgIpc) is 3.32. The monoisotopic (exact) mass is 426 g/mol. The van der Waals surface area contributed by atoms with Gasteiger partial charge in [-0.15, -0.1) is 17.5 Å². The van der Waals surface area contributed by atoms with Crippen LogP contribution in [0.25, 0.3) is 5.69 Å². The van der Waals surface area contributed by atoms with Crippen molar-refractivity contribution in [3.63, 3.8) is 0 Å². The number of carbonyl (C=O) groups is 2. The Hall–Kier alpha value is -2.23. The molecule has 2 aromatic rings. The SMILES string of the molecule is Cl.O=C(CN1C[C@@H]2CCC[C@@]2(C(=O)O)C1)Nc1cc(-n2cnnn2)ccc1Cl. The number of likely N-dealkylation sites (tertiary alicyclic amines) is 1. The highest BCUT2D eigenvalue weighted by molar-refractivity contribution is 6.33. The summed E-state index contributed by atoms with van der Waals surface area (Å²) in [5, 5.41) is 23.8. The number of nitrogens with one attached hydrogen (secondary N) is 1. The van der Waals surface area contributed by atoms with Gasteiger partial charge in [0.2, 0.25) is 5.91 Å². The Morgan fingerprint density at radius 3 is 2.89 bits per heavy atom. The van der Waals surface area contributed by atoms with E-state index in [1.807, 2.05) is 4.90 Å². The van der Waals surface area contributed by atoms with Crippen molar-refractivity contribution in [1.29, 1.82) is 0 Å². The fourth-order valence-electron chi connectivity index (χ4n) is 4.29. The van der Waals surface area contributed by atoms with Crippen LogP contribution in [-0.2, 0) is 9.59 Å². The van der Waals surface area contributed by atoms with Gasteiger partial charge in [0.15, 0.2) is 0 Å². The zero-order chi connectivity index (χ0) is 19.0. The molecule has 11 heteroatoms. The van der Waals surface area contributed by atoms with Crippen LogP contribution in [0.2, 0.25) is 5.02 Å². The third-order valence-electron chi connectivity index (χ3n) is 5.57. The van der Waals surface area contributed by atoms with E-state index in [2.05, 4.69) is 20.8 Å². The lowest BCUT2D eigenvalue weighted by Gasteiger charge is -2.23. The van der Waals surface area contributed by atoms with E-state index in [1.165, 1.54) is 11.0 Å². The fourth-order valence-corrected chi connectivity index (χ4v) is 4.45. The first kappa shape index (κ1) is 20.5. The summed E-state index contributed by atoms with van der Waals surface area (Å²) in [6.07, 6.45) is 3.98. The fraction of sp³-hybridized carbons (Fsp3) is 0.471. The van der Waals surface area contributed by atoms with Gasteiger partial charge in [0.05, 0.1) is 28.4 Å². The van der Waals surface area contributed by atoms with Crippen LogP contribution < -0.4 is 5.32 Å². The molecule has 2 heterocycles. The topological polar surface area (TPSA) is 113 Å². The van der Waals surface area contributed by atoms with Crippen LogP contribution in [0, 0.1) is 11.3 Å². The number of carboxylic acid groups (broad SMARTS) is 1. The van der Waals surface area contributed by atoms with Crippen molar-refractivity contribution in [3.05, 3.63) is 29.5 Å². The molecule has 2 aliphatic rings. The van der Waals surface area contributed by atoms with Gasteiger partial charge in [-0.3, -0.25) is 14.5 Å². The minimum atomic E-state index is -0.745. The standard InChI is InChI=1S/C17H19ClN6O3.ClH/c18-13-4-3-12(24-10-19-21-22-24)6-14(13)20-15(25)8-23-7-11-2-1-5-17(11,9-23)16(26)27;/h3-4,6,10-11H,1-2,5,7-9H2,(H,20,25)(H,26,27);1H/t11-,17+;/m0./s1. The maximum atomic E-state index is 12.5. The van der Waals surface area contributed by atoms with E-state index >= 15 is 0 Å². The Morgan fingerprint density at radius 2 is 2.21 bits per heavy atom. The summed E-state index contributed by atoms with van der Waals surface area (Å²) < 4.78 is 1.46. The number of aromatic nitrogens is 4. The van der Waals surface area contributed by atoms with E-state index in [0.29, 0.717) is 35.9 Å². The number of benzene rings is 1. The Bertz CT molecular complexity index is 878. The second kappa shape index (κ2) is 8.02. The molecule has 1 aliphatic carbocycles. The molecule has 0 spiro atoms. The van der Waals surface area contributed by atoms with E-state index in [4.69, 9.17) is 11.6 Å². The van der Waals surface area contributed by atoms with Crippen LogP contribution in [0.4, 0.5) is 5.69 Å². The number of anilines is 1. The Labute approximate surface area is 172 Å². The van der Waals surface area contributed by atoms with Gasteiger partial charge in [-0.25, -0.2) is 4.68 Å². The van der Waals surface area contributed by atoms with Crippen molar-refractivity contribution in [2.75, 3.05) is 25.0 Å². The molecule has 28 heavy (non-hydrogen) atoms. The Kier molecular flexibility index (Phi) is 5.87. The number of hydrogen-bond donors (Lipinski definition) is 2. The number of carboxylic acids is 1. The van der Waals surface area contributed by atoms with Gasteiger partial charge < -0.3 is 10.4 Å². The Morgan fingerprint density at radius 1 is 1.39 bits per heavy atom. The van der Waals surface area contributed by atoms with Crippen LogP contribution in [0.1, 0.15) is 19.3 Å². The lowest BCUT2D eigenvalue weighted by molar-refractivity contribution is -0.149. The third kappa shape index (κ3) is 3.69. The molecule has 2 N–H and O–H groups in total. The molecule has 0 unspecified atom stereocenters. The van der Waals surface area contributed by atoms with Gasteiger partial charge in [0, 0.05) is 13.1 Å². The van der Waals surface area contributed by atoms with Gasteiger partial charge in [-0.2, -0.15) is 0 Å². The van der Waals surface area contributed by atoms with Crippen LogP contribution in [0.3, 0.4) is 0 Å². The Balaban J connectivity index is 0.00000225. The largest absolute Gasteiger partial charge is 0.481 e. The maximum absolute atomic E-state index is 12.5. The molecule has 0 radical (unpaired) electrons. The van der Waals surface area contributed by atoms with E-state index in [-0.39, 0.29) is 30.8 Å². The molecule has 0 bridgehead atoms. The average molecular weight is 427 g/mol. The molecular weight excluding hydrogens is 407 g/mol. The molecule has 150 valence electrons. The minimum Gasteiger partial charge on any atom is -0.481 e. The second-order valence-electron chi connectivity index (χ2n) is 7.19. The molecule has 1 aromatic heterocycles. The summed E-state index contributed by atoms with van der Waals surface area (Å²) >= 11 is 6.19. The van der Waals surface area contributed by atoms with Gasteiger partial charge >= 0.3 is 5.97 Å². The van der Waals surface area contributed by atoms with Crippen LogP contribution in [-0.4, -0.2) is 61.7 Å². The number of carbonyl (C=O) groups excluding carboxylic acids is 1. The zero-order valence-corrected chi connectivity index (χ0v) is 16.5. The van der Waals surface area contributed by atoms with Crippen LogP contribution >= 0.6 is 24.0 Å². The number of tetrazole rings is 1. The number of hydrogen-bond acceptors (Lipinski definition) is 6. The molecule has 1 saturated heterocycles. The molecule has 1 aliphatic heterocycles. The minimum absolute atomic E-state index is 0. The third-order valence-corrected chi connectivity index (χ3v) is 5.90. The lowest BCUT2D eigenvalue weighted by Crippen LogP contribution is -2.37. The first-order valence-electron chi connectivity index (χ1n) is 8.76. The second-order valence-corrected chi connectivity index (χ2v) is 7.59. The van der Waals surface area contributed by atoms with Crippen molar-refractivity contribution in [2.45, 2.75) is 19.3 Å². The van der Waals surface area contributed by atoms with E-state index < -0.39 is 11.4 Å². The summed E-state index contributed by atoms with van der Waals surface area (Å²) in [7, 11) is 0. The highest BCUT2D eigenvalue weighted by Gasteiger charge is 2.54. The summed E-state index contributed by atoms with van der Waals surface area (Å²) in [6.45, 7) is 1.19. The molecule has 2 atom stereocenters. The molecule has 1 aromatic carbocycles. The predicted molar refractivity (Wildman–Crippen MR) is 104 cm³/mol. The molecule has 2 fully saturated rings. The number of rotatable bonds is 5. The van der Waals surface area contributed by atoms with Crippen molar-refractivity contribution in [2.24, 2.45) is 11.3 Å². The van der Waals surface area contributed by atoms with Crippen LogP contribution in [0.15, 0.2) is 24.5 Å². The zero-order valence-electron chi connectivity index (χ0n) is 14.9. The summed E-state index contributed by atoms with van der Waals surface area (Å²) in [5.74, 6) is -0.856. The van der Waals surface area contributed by atoms with Gasteiger partial charge in [-0.05, 0) is 47.4 Å². The number of aliphatic carboxylic acids is 1.